The maximum atomic E-state index is 6.40. The summed E-state index contributed by atoms with van der Waals surface area (Å²) < 4.78 is 5.43. The Kier molecular flexibility index (Phi) is 4.95. The predicted octanol–water partition coefficient (Wildman–Crippen LogP) is 4.63. The van der Waals surface area contributed by atoms with E-state index in [-0.39, 0.29) is 12.4 Å². The van der Waals surface area contributed by atoms with Crippen molar-refractivity contribution < 1.29 is 4.52 Å². The van der Waals surface area contributed by atoms with Gasteiger partial charge in [-0.15, -0.1) is 23.7 Å². The first kappa shape index (κ1) is 18.0. The second-order valence-corrected chi connectivity index (χ2v) is 7.50. The summed E-state index contributed by atoms with van der Waals surface area (Å²) in [5.74, 6) is 1.06. The molecule has 0 atom stereocenters. The van der Waals surface area contributed by atoms with Crippen molar-refractivity contribution in [1.82, 2.24) is 15.1 Å². The van der Waals surface area contributed by atoms with E-state index in [1.54, 1.807) is 11.3 Å². The topological polar surface area (TPSA) is 77.8 Å². The summed E-state index contributed by atoms with van der Waals surface area (Å²) >= 11 is 1.59. The number of benzene rings is 1. The van der Waals surface area contributed by atoms with Crippen molar-refractivity contribution in [3.63, 3.8) is 0 Å². The van der Waals surface area contributed by atoms with Crippen molar-refractivity contribution in [3.8, 4) is 22.2 Å². The molecular weight excluding hydrogens is 356 g/mol. The van der Waals surface area contributed by atoms with E-state index in [4.69, 9.17) is 10.3 Å². The third-order valence-electron chi connectivity index (χ3n) is 4.70. The summed E-state index contributed by atoms with van der Waals surface area (Å²) in [5.41, 5.74) is 10.3. The number of hydrogen-bond acceptors (Lipinski definition) is 6. The fourth-order valence-electron chi connectivity index (χ4n) is 3.31. The van der Waals surface area contributed by atoms with E-state index in [0.29, 0.717) is 11.7 Å². The molecule has 132 valence electrons. The fourth-order valence-corrected chi connectivity index (χ4v) is 4.19. The highest BCUT2D eigenvalue weighted by molar-refractivity contribution is 7.13. The fraction of sp³-hybridized carbons (Fsp3) is 0.389. The van der Waals surface area contributed by atoms with Crippen molar-refractivity contribution in [2.45, 2.75) is 45.1 Å². The molecular formula is C18H21ClN4OS. The van der Waals surface area contributed by atoms with Crippen LogP contribution in [0.5, 0.6) is 0 Å². The summed E-state index contributed by atoms with van der Waals surface area (Å²) in [5, 5.41) is 7.04. The largest absolute Gasteiger partial charge is 0.332 e. The lowest BCUT2D eigenvalue weighted by Gasteiger charge is -2.17. The maximum absolute atomic E-state index is 6.40. The molecule has 5 nitrogen and oxygen atoms in total. The molecule has 0 spiro atoms. The van der Waals surface area contributed by atoms with Crippen LogP contribution < -0.4 is 5.73 Å². The molecule has 4 rings (SSSR count). The predicted molar refractivity (Wildman–Crippen MR) is 102 cm³/mol. The Bertz CT molecular complexity index is 883. The Balaban J connectivity index is 0.00000182. The highest BCUT2D eigenvalue weighted by Gasteiger charge is 2.36. The van der Waals surface area contributed by atoms with Gasteiger partial charge in [0.1, 0.15) is 10.7 Å². The third kappa shape index (κ3) is 3.34. The van der Waals surface area contributed by atoms with Crippen LogP contribution in [0.1, 0.15) is 42.6 Å². The molecule has 1 aliphatic carbocycles. The minimum atomic E-state index is -0.436. The summed E-state index contributed by atoms with van der Waals surface area (Å²) in [6, 6.07) is 6.38. The summed E-state index contributed by atoms with van der Waals surface area (Å²) in [6.07, 6.45) is 4.07. The quantitative estimate of drug-likeness (QED) is 0.721. The molecule has 0 bridgehead atoms. The third-order valence-corrected chi connectivity index (χ3v) is 5.58. The smallest absolute Gasteiger partial charge is 0.277 e. The number of thiazole rings is 1. The molecule has 1 aliphatic rings. The Hall–Kier alpha value is -1.76. The Labute approximate surface area is 157 Å². The number of nitrogens with two attached hydrogens (primary N) is 1. The van der Waals surface area contributed by atoms with Crippen LogP contribution in [0.15, 0.2) is 28.1 Å². The van der Waals surface area contributed by atoms with Crippen LogP contribution in [0.3, 0.4) is 0 Å². The number of aryl methyl sites for hydroxylation is 2. The van der Waals surface area contributed by atoms with E-state index < -0.39 is 5.54 Å². The molecule has 3 aromatic rings. The van der Waals surface area contributed by atoms with Gasteiger partial charge in [0.15, 0.2) is 5.82 Å². The molecule has 0 radical (unpaired) electrons. The molecule has 1 fully saturated rings. The van der Waals surface area contributed by atoms with E-state index in [1.807, 2.05) is 5.38 Å². The number of nitrogens with zero attached hydrogens (tertiary/aromatic N) is 3. The summed E-state index contributed by atoms with van der Waals surface area (Å²) in [6.45, 7) is 4.20. The van der Waals surface area contributed by atoms with Crippen LogP contribution in [0.4, 0.5) is 0 Å². The zero-order chi connectivity index (χ0) is 16.7. The monoisotopic (exact) mass is 376 g/mol. The Morgan fingerprint density at radius 2 is 1.92 bits per heavy atom. The number of halogens is 1. The SMILES string of the molecule is Cc1ccc(-c2nc(-c3nc(C4(N)CCCC4)no3)cs2)c(C)c1.Cl. The zero-order valence-corrected chi connectivity index (χ0v) is 15.9. The van der Waals surface area contributed by atoms with Crippen LogP contribution in [0, 0.1) is 13.8 Å². The molecule has 0 unspecified atom stereocenters. The van der Waals surface area contributed by atoms with E-state index in [2.05, 4.69) is 47.2 Å². The van der Waals surface area contributed by atoms with Gasteiger partial charge < -0.3 is 10.3 Å². The molecule has 0 saturated heterocycles. The first-order valence-corrected chi connectivity index (χ1v) is 9.10. The van der Waals surface area contributed by atoms with Crippen LogP contribution in [-0.2, 0) is 5.54 Å². The van der Waals surface area contributed by atoms with Gasteiger partial charge in [0, 0.05) is 10.9 Å². The van der Waals surface area contributed by atoms with Gasteiger partial charge in [-0.25, -0.2) is 4.98 Å². The van der Waals surface area contributed by atoms with Gasteiger partial charge in [0.25, 0.3) is 5.89 Å². The van der Waals surface area contributed by atoms with Crippen molar-refractivity contribution >= 4 is 23.7 Å². The number of hydrogen-bond donors (Lipinski definition) is 1. The standard InChI is InChI=1S/C18H20N4OS.ClH/c1-11-5-6-13(12(2)9-11)16-20-14(10-24-16)15-21-17(22-23-15)18(19)7-3-4-8-18;/h5-6,9-10H,3-4,7-8,19H2,1-2H3;1H. The van der Waals surface area contributed by atoms with Crippen LogP contribution in [-0.4, -0.2) is 15.1 Å². The van der Waals surface area contributed by atoms with Gasteiger partial charge in [-0.1, -0.05) is 41.8 Å². The van der Waals surface area contributed by atoms with Crippen molar-refractivity contribution in [3.05, 3.63) is 40.5 Å². The van der Waals surface area contributed by atoms with Crippen molar-refractivity contribution in [2.75, 3.05) is 0 Å². The molecule has 0 aliphatic heterocycles. The van der Waals surface area contributed by atoms with Gasteiger partial charge in [0.05, 0.1) is 5.54 Å². The number of rotatable bonds is 3. The lowest BCUT2D eigenvalue weighted by molar-refractivity contribution is 0.372. The van der Waals surface area contributed by atoms with Crippen LogP contribution >= 0.6 is 23.7 Å². The molecule has 2 N–H and O–H groups in total. The second-order valence-electron chi connectivity index (χ2n) is 6.64. The van der Waals surface area contributed by atoms with E-state index in [0.717, 1.165) is 41.9 Å². The van der Waals surface area contributed by atoms with E-state index in [9.17, 15) is 0 Å². The van der Waals surface area contributed by atoms with Gasteiger partial charge in [0.2, 0.25) is 0 Å². The molecule has 1 aromatic carbocycles. The molecule has 2 heterocycles. The van der Waals surface area contributed by atoms with Crippen molar-refractivity contribution in [1.29, 1.82) is 0 Å². The van der Waals surface area contributed by atoms with Crippen LogP contribution in [0.2, 0.25) is 0 Å². The van der Waals surface area contributed by atoms with Gasteiger partial charge >= 0.3 is 0 Å². The van der Waals surface area contributed by atoms with Crippen molar-refractivity contribution in [2.24, 2.45) is 5.73 Å². The molecule has 7 heteroatoms. The van der Waals surface area contributed by atoms with E-state index in [1.165, 1.54) is 11.1 Å². The summed E-state index contributed by atoms with van der Waals surface area (Å²) in [7, 11) is 0. The molecule has 1 saturated carbocycles. The minimum absolute atomic E-state index is 0. The normalized spacial score (nSPS) is 16.0. The Morgan fingerprint density at radius 1 is 1.16 bits per heavy atom. The molecule has 2 aromatic heterocycles. The zero-order valence-electron chi connectivity index (χ0n) is 14.3. The number of aromatic nitrogens is 3. The van der Waals surface area contributed by atoms with Gasteiger partial charge in [-0.2, -0.15) is 4.98 Å². The van der Waals surface area contributed by atoms with Gasteiger partial charge in [-0.05, 0) is 32.3 Å². The molecule has 25 heavy (non-hydrogen) atoms. The average Bonchev–Trinajstić information content (AvgIpc) is 3.27. The molecule has 0 amide bonds. The highest BCUT2D eigenvalue weighted by Crippen LogP contribution is 2.36. The first-order valence-electron chi connectivity index (χ1n) is 8.22. The summed E-state index contributed by atoms with van der Waals surface area (Å²) in [4.78, 5) is 9.20. The van der Waals surface area contributed by atoms with Crippen LogP contribution in [0.25, 0.3) is 22.2 Å². The maximum Gasteiger partial charge on any atom is 0.277 e. The lowest BCUT2D eigenvalue weighted by Crippen LogP contribution is -2.34. The lowest BCUT2D eigenvalue weighted by atomic mass is 9.99. The Morgan fingerprint density at radius 3 is 2.64 bits per heavy atom. The van der Waals surface area contributed by atoms with E-state index >= 15 is 0 Å². The van der Waals surface area contributed by atoms with Gasteiger partial charge in [-0.3, -0.25) is 0 Å². The first-order chi connectivity index (χ1) is 11.5. The minimum Gasteiger partial charge on any atom is -0.332 e. The average molecular weight is 377 g/mol. The second kappa shape index (κ2) is 6.86. The highest BCUT2D eigenvalue weighted by atomic mass is 35.5.